The number of hydrogen-bond acceptors (Lipinski definition) is 7. The number of thioether (sulfide) groups is 1. The molecule has 0 amide bonds. The van der Waals surface area contributed by atoms with Crippen molar-refractivity contribution in [1.82, 2.24) is 0 Å². The molecule has 0 spiro atoms. The second-order valence-electron chi connectivity index (χ2n) is 15.5. The summed E-state index contributed by atoms with van der Waals surface area (Å²) in [6, 6.07) is 8.35. The second-order valence-corrected chi connectivity index (χ2v) is 16.7. The molecule has 0 aromatic heterocycles. The van der Waals surface area contributed by atoms with E-state index >= 15 is 0 Å². The van der Waals surface area contributed by atoms with E-state index in [2.05, 4.69) is 88.3 Å². The summed E-state index contributed by atoms with van der Waals surface area (Å²) >= 11 is 1.60. The number of ether oxygens (including phenoxy) is 3. The summed E-state index contributed by atoms with van der Waals surface area (Å²) < 4.78 is 16.9. The number of esters is 2. The predicted octanol–water partition coefficient (Wildman–Crippen LogP) is 8.30. The van der Waals surface area contributed by atoms with Crippen LogP contribution in [0.1, 0.15) is 122 Å². The summed E-state index contributed by atoms with van der Waals surface area (Å²) in [5.41, 5.74) is 5.58. The number of aryl methyl sites for hydroxylation is 2. The number of phenolic OH excluding ortho intramolecular Hbond substituents is 1. The number of carbonyl (C=O) groups excluding carboxylic acids is 2. The molecule has 0 radical (unpaired) electrons. The zero-order valence-corrected chi connectivity index (χ0v) is 29.7. The van der Waals surface area contributed by atoms with Crippen molar-refractivity contribution in [2.45, 2.75) is 124 Å². The first kappa shape index (κ1) is 35.8. The lowest BCUT2D eigenvalue weighted by Gasteiger charge is -2.42. The van der Waals surface area contributed by atoms with Crippen LogP contribution in [0.5, 0.6) is 11.5 Å². The summed E-state index contributed by atoms with van der Waals surface area (Å²) in [6.45, 7) is 23.8. The van der Waals surface area contributed by atoms with Gasteiger partial charge >= 0.3 is 11.9 Å². The van der Waals surface area contributed by atoms with E-state index in [1.807, 2.05) is 12.1 Å². The minimum absolute atomic E-state index is 0.0400. The molecule has 0 saturated heterocycles. The molecule has 44 heavy (non-hydrogen) atoms. The molecule has 0 bridgehead atoms. The minimum Gasteiger partial charge on any atom is -0.507 e. The molecule has 6 nitrogen and oxygen atoms in total. The van der Waals surface area contributed by atoms with Gasteiger partial charge in [-0.05, 0) is 71.3 Å². The molecule has 244 valence electrons. The van der Waals surface area contributed by atoms with Crippen molar-refractivity contribution in [1.29, 1.82) is 0 Å². The van der Waals surface area contributed by atoms with E-state index in [0.29, 0.717) is 49.7 Å². The Labute approximate surface area is 269 Å². The maximum atomic E-state index is 12.4. The quantitative estimate of drug-likeness (QED) is 0.187. The van der Waals surface area contributed by atoms with Gasteiger partial charge in [0, 0.05) is 35.5 Å². The van der Waals surface area contributed by atoms with Crippen LogP contribution in [0.3, 0.4) is 0 Å². The molecule has 2 aromatic carbocycles. The van der Waals surface area contributed by atoms with Crippen LogP contribution in [0.2, 0.25) is 0 Å². The summed E-state index contributed by atoms with van der Waals surface area (Å²) in [5.74, 6) is 2.19. The SMILES string of the molecule is CC(C)(C)c1cc(CCC(=O)OCCSCCOC(=O)CCc2cc(C(C)(C)C)c3c(c2)C(C)(C)O3)cc(C(C)(C)C)c1O. The van der Waals surface area contributed by atoms with Gasteiger partial charge in [0.15, 0.2) is 0 Å². The molecule has 7 heteroatoms. The number of phenols is 1. The van der Waals surface area contributed by atoms with Gasteiger partial charge in [0.1, 0.15) is 30.3 Å². The summed E-state index contributed by atoms with van der Waals surface area (Å²) in [7, 11) is 0. The summed E-state index contributed by atoms with van der Waals surface area (Å²) in [6.07, 6.45) is 1.81. The minimum atomic E-state index is -0.295. The van der Waals surface area contributed by atoms with Crippen molar-refractivity contribution in [3.8, 4) is 11.5 Å². The van der Waals surface area contributed by atoms with E-state index in [1.165, 1.54) is 11.1 Å². The molecule has 1 aliphatic rings. The van der Waals surface area contributed by atoms with Gasteiger partial charge in [-0.15, -0.1) is 0 Å². The summed E-state index contributed by atoms with van der Waals surface area (Å²) in [4.78, 5) is 24.8. The van der Waals surface area contributed by atoms with E-state index in [1.54, 1.807) is 11.8 Å². The van der Waals surface area contributed by atoms with E-state index < -0.39 is 0 Å². The highest BCUT2D eigenvalue weighted by molar-refractivity contribution is 7.99. The zero-order chi connectivity index (χ0) is 33.1. The maximum absolute atomic E-state index is 12.4. The number of fused-ring (bicyclic) bond motifs is 1. The molecule has 0 saturated carbocycles. The lowest BCUT2D eigenvalue weighted by Crippen LogP contribution is -2.37. The number of rotatable bonds is 12. The van der Waals surface area contributed by atoms with Crippen molar-refractivity contribution in [2.24, 2.45) is 0 Å². The number of aromatic hydroxyl groups is 1. The van der Waals surface area contributed by atoms with Gasteiger partial charge in [-0.1, -0.05) is 80.5 Å². The number of carbonyl (C=O) groups is 2. The van der Waals surface area contributed by atoms with Crippen LogP contribution in [-0.2, 0) is 53.8 Å². The highest BCUT2D eigenvalue weighted by atomic mass is 32.2. The smallest absolute Gasteiger partial charge is 0.306 e. The third-order valence-corrected chi connectivity index (χ3v) is 8.88. The Hall–Kier alpha value is -2.67. The fraction of sp³-hybridized carbons (Fsp3) is 0.622. The van der Waals surface area contributed by atoms with Crippen LogP contribution in [0, 0.1) is 0 Å². The van der Waals surface area contributed by atoms with Gasteiger partial charge in [-0.2, -0.15) is 11.8 Å². The monoisotopic (exact) mass is 626 g/mol. The first-order valence-corrected chi connectivity index (χ1v) is 17.0. The second kappa shape index (κ2) is 13.8. The zero-order valence-electron chi connectivity index (χ0n) is 28.9. The van der Waals surface area contributed by atoms with Crippen LogP contribution in [-0.4, -0.2) is 41.8 Å². The van der Waals surface area contributed by atoms with Gasteiger partial charge in [0.05, 0.1) is 0 Å². The average molecular weight is 627 g/mol. The Balaban J connectivity index is 1.35. The van der Waals surface area contributed by atoms with Crippen LogP contribution in [0.15, 0.2) is 24.3 Å². The molecule has 3 rings (SSSR count). The Bertz CT molecular complexity index is 1300. The molecule has 0 atom stereocenters. The largest absolute Gasteiger partial charge is 0.507 e. The molecule has 2 aromatic rings. The molecular weight excluding hydrogens is 572 g/mol. The summed E-state index contributed by atoms with van der Waals surface area (Å²) in [5, 5.41) is 10.9. The maximum Gasteiger partial charge on any atom is 0.306 e. The highest BCUT2D eigenvalue weighted by Crippen LogP contribution is 2.50. The third kappa shape index (κ3) is 9.42. The van der Waals surface area contributed by atoms with E-state index in [0.717, 1.165) is 28.0 Å². The van der Waals surface area contributed by atoms with Crippen LogP contribution in [0.4, 0.5) is 0 Å². The number of benzene rings is 2. The fourth-order valence-electron chi connectivity index (χ4n) is 5.36. The van der Waals surface area contributed by atoms with Gasteiger partial charge in [0.25, 0.3) is 0 Å². The van der Waals surface area contributed by atoms with Crippen LogP contribution in [0.25, 0.3) is 0 Å². The third-order valence-electron chi connectivity index (χ3n) is 7.97. The van der Waals surface area contributed by atoms with E-state index in [9.17, 15) is 14.7 Å². The average Bonchev–Trinajstić information content (AvgIpc) is 2.88. The lowest BCUT2D eigenvalue weighted by molar-refractivity contribution is -0.143. The fourth-order valence-corrected chi connectivity index (χ4v) is 5.97. The van der Waals surface area contributed by atoms with Gasteiger partial charge in [-0.3, -0.25) is 9.59 Å². The molecule has 0 aliphatic carbocycles. The first-order chi connectivity index (χ1) is 20.2. The Morgan fingerprint density at radius 2 is 1.14 bits per heavy atom. The van der Waals surface area contributed by atoms with Crippen molar-refractivity contribution in [3.05, 3.63) is 57.6 Å². The highest BCUT2D eigenvalue weighted by Gasteiger charge is 2.40. The van der Waals surface area contributed by atoms with E-state index in [-0.39, 0.29) is 40.2 Å². The molecule has 0 unspecified atom stereocenters. The normalized spacial score (nSPS) is 14.3. The standard InChI is InChI=1S/C37H54O6S/c1-34(2,3)26-20-24(21-27(32(26)40)35(4,5)6)12-14-30(38)41-16-18-44-19-17-42-31(39)15-13-25-22-28(36(7,8)9)33-29(23-25)37(10,11)43-33/h20-23,40H,12-19H2,1-11H3. The molecule has 1 aliphatic heterocycles. The Morgan fingerprint density at radius 3 is 1.55 bits per heavy atom. The van der Waals surface area contributed by atoms with Crippen molar-refractivity contribution < 1.29 is 28.9 Å². The van der Waals surface area contributed by atoms with Gasteiger partial charge in [-0.25, -0.2) is 0 Å². The topological polar surface area (TPSA) is 82.1 Å². The van der Waals surface area contributed by atoms with Crippen LogP contribution < -0.4 is 4.74 Å². The molecule has 1 N–H and O–H groups in total. The molecular formula is C37H54O6S. The van der Waals surface area contributed by atoms with Crippen LogP contribution >= 0.6 is 11.8 Å². The number of hydrogen-bond donors (Lipinski definition) is 1. The van der Waals surface area contributed by atoms with Crippen molar-refractivity contribution in [3.63, 3.8) is 0 Å². The Kier molecular flexibility index (Phi) is 11.2. The van der Waals surface area contributed by atoms with Gasteiger partial charge < -0.3 is 19.3 Å². The molecule has 0 fully saturated rings. The molecule has 1 heterocycles. The van der Waals surface area contributed by atoms with Crippen molar-refractivity contribution >= 4 is 23.7 Å². The van der Waals surface area contributed by atoms with Crippen molar-refractivity contribution in [2.75, 3.05) is 24.7 Å². The lowest BCUT2D eigenvalue weighted by atomic mass is 9.78. The van der Waals surface area contributed by atoms with E-state index in [4.69, 9.17) is 14.2 Å². The van der Waals surface area contributed by atoms with Gasteiger partial charge in [0.2, 0.25) is 0 Å². The Morgan fingerprint density at radius 1 is 0.727 bits per heavy atom. The first-order valence-electron chi connectivity index (χ1n) is 15.8. The predicted molar refractivity (Wildman–Crippen MR) is 180 cm³/mol.